The van der Waals surface area contributed by atoms with Crippen LogP contribution in [0.1, 0.15) is 6.92 Å². The summed E-state index contributed by atoms with van der Waals surface area (Å²) in [5, 5.41) is 5.30. The molecule has 2 aromatic carbocycles. The highest BCUT2D eigenvalue weighted by Gasteiger charge is 2.35. The zero-order valence-corrected chi connectivity index (χ0v) is 13.0. The Morgan fingerprint density at radius 2 is 1.68 bits per heavy atom. The van der Waals surface area contributed by atoms with Crippen molar-refractivity contribution in [3.05, 3.63) is 71.3 Å². The quantitative estimate of drug-likeness (QED) is 0.602. The lowest BCUT2D eigenvalue weighted by Gasteiger charge is -2.15. The highest BCUT2D eigenvalue weighted by atomic mass is 32.1. The second kappa shape index (κ2) is 6.25. The van der Waals surface area contributed by atoms with Gasteiger partial charge in [-0.05, 0) is 31.2 Å². The Morgan fingerprint density at radius 3 is 2.32 bits per heavy atom. The van der Waals surface area contributed by atoms with E-state index in [0.717, 1.165) is 11.4 Å². The number of carbonyl (C=O) groups is 1. The number of para-hydroxylation sites is 2. The molecule has 1 amide bonds. The standard InChI is InChI=1S/C17H17N3OS/c1-12-15(16(22)18-13-8-4-2-5-9-13)17(21)20(19-12)14-10-6-3-7-11-14/h2-12,18-19,22H,1H3/b16-15-. The van der Waals surface area contributed by atoms with Crippen LogP contribution in [0.5, 0.6) is 0 Å². The van der Waals surface area contributed by atoms with E-state index in [4.69, 9.17) is 0 Å². The van der Waals surface area contributed by atoms with Crippen molar-refractivity contribution in [1.29, 1.82) is 0 Å². The van der Waals surface area contributed by atoms with E-state index >= 15 is 0 Å². The smallest absolute Gasteiger partial charge is 0.272 e. The molecule has 1 heterocycles. The van der Waals surface area contributed by atoms with Crippen LogP contribution in [-0.2, 0) is 4.79 Å². The zero-order chi connectivity index (χ0) is 15.5. The molecule has 1 aliphatic heterocycles. The van der Waals surface area contributed by atoms with E-state index < -0.39 is 0 Å². The van der Waals surface area contributed by atoms with Gasteiger partial charge in [-0.15, -0.1) is 12.6 Å². The first-order valence-corrected chi connectivity index (χ1v) is 7.52. The molecule has 22 heavy (non-hydrogen) atoms. The van der Waals surface area contributed by atoms with Gasteiger partial charge >= 0.3 is 0 Å². The Kier molecular flexibility index (Phi) is 4.18. The number of hydrogen-bond acceptors (Lipinski definition) is 4. The number of hydrogen-bond donors (Lipinski definition) is 3. The zero-order valence-electron chi connectivity index (χ0n) is 12.2. The lowest BCUT2D eigenvalue weighted by atomic mass is 10.1. The monoisotopic (exact) mass is 311 g/mol. The van der Waals surface area contributed by atoms with Crippen LogP contribution in [0.2, 0.25) is 0 Å². The van der Waals surface area contributed by atoms with E-state index in [2.05, 4.69) is 23.4 Å². The molecule has 1 fully saturated rings. The number of benzene rings is 2. The maximum Gasteiger partial charge on any atom is 0.272 e. The van der Waals surface area contributed by atoms with Gasteiger partial charge in [0.05, 0.1) is 22.3 Å². The molecular formula is C17H17N3OS. The van der Waals surface area contributed by atoms with Gasteiger partial charge in [-0.3, -0.25) is 4.79 Å². The van der Waals surface area contributed by atoms with E-state index in [1.165, 1.54) is 0 Å². The minimum absolute atomic E-state index is 0.0906. The first-order valence-electron chi connectivity index (χ1n) is 7.07. The van der Waals surface area contributed by atoms with Gasteiger partial charge in [-0.25, -0.2) is 10.4 Å². The molecule has 1 aliphatic rings. The van der Waals surface area contributed by atoms with Gasteiger partial charge in [0.25, 0.3) is 5.91 Å². The molecule has 112 valence electrons. The summed E-state index contributed by atoms with van der Waals surface area (Å²) in [6.45, 7) is 1.94. The second-order valence-corrected chi connectivity index (χ2v) is 5.53. The number of thiol groups is 1. The van der Waals surface area contributed by atoms with Crippen molar-refractivity contribution >= 4 is 29.9 Å². The summed E-state index contributed by atoms with van der Waals surface area (Å²) in [7, 11) is 0. The molecule has 5 heteroatoms. The largest absolute Gasteiger partial charge is 0.350 e. The average molecular weight is 311 g/mol. The van der Waals surface area contributed by atoms with Gasteiger partial charge in [0.15, 0.2) is 0 Å². The topological polar surface area (TPSA) is 44.4 Å². The van der Waals surface area contributed by atoms with Gasteiger partial charge < -0.3 is 5.32 Å². The van der Waals surface area contributed by atoms with Crippen LogP contribution in [-0.4, -0.2) is 11.9 Å². The molecule has 4 nitrogen and oxygen atoms in total. The number of carbonyl (C=O) groups excluding carboxylic acids is 1. The third-order valence-corrected chi connectivity index (χ3v) is 3.85. The van der Waals surface area contributed by atoms with Gasteiger partial charge in [-0.1, -0.05) is 36.4 Å². The van der Waals surface area contributed by atoms with Crippen LogP contribution in [0.15, 0.2) is 71.3 Å². The summed E-state index contributed by atoms with van der Waals surface area (Å²) in [6, 6.07) is 19.1. The summed E-state index contributed by atoms with van der Waals surface area (Å²) in [4.78, 5) is 12.7. The minimum atomic E-state index is -0.114. The maximum absolute atomic E-state index is 12.7. The molecule has 1 atom stereocenters. The van der Waals surface area contributed by atoms with Crippen LogP contribution < -0.4 is 15.8 Å². The molecule has 3 rings (SSSR count). The van der Waals surface area contributed by atoms with Crippen molar-refractivity contribution in [3.63, 3.8) is 0 Å². The Balaban J connectivity index is 1.88. The summed E-state index contributed by atoms with van der Waals surface area (Å²) in [5.41, 5.74) is 5.51. The van der Waals surface area contributed by atoms with Crippen molar-refractivity contribution < 1.29 is 4.79 Å². The SMILES string of the molecule is CC1NN(c2ccccc2)C(=O)/C1=C(\S)Nc1ccccc1. The minimum Gasteiger partial charge on any atom is -0.350 e. The number of amides is 1. The fourth-order valence-electron chi connectivity index (χ4n) is 2.42. The second-order valence-electron chi connectivity index (χ2n) is 5.08. The Morgan fingerprint density at radius 1 is 1.09 bits per heavy atom. The first kappa shape index (κ1) is 14.7. The first-order chi connectivity index (χ1) is 10.7. The summed E-state index contributed by atoms with van der Waals surface area (Å²) in [5.74, 6) is -0.0906. The van der Waals surface area contributed by atoms with Crippen molar-refractivity contribution in [3.8, 4) is 0 Å². The number of nitrogens with zero attached hydrogens (tertiary/aromatic N) is 1. The maximum atomic E-state index is 12.7. The molecule has 2 N–H and O–H groups in total. The molecule has 1 unspecified atom stereocenters. The Labute approximate surface area is 135 Å². The van der Waals surface area contributed by atoms with Gasteiger partial charge in [0, 0.05) is 5.69 Å². The molecule has 2 aromatic rings. The fraction of sp³-hybridized carbons (Fsp3) is 0.118. The van der Waals surface area contributed by atoms with E-state index in [0.29, 0.717) is 10.6 Å². The van der Waals surface area contributed by atoms with Crippen molar-refractivity contribution in [2.75, 3.05) is 10.3 Å². The van der Waals surface area contributed by atoms with Gasteiger partial charge in [-0.2, -0.15) is 0 Å². The molecule has 0 saturated carbocycles. The Bertz CT molecular complexity index is 700. The predicted molar refractivity (Wildman–Crippen MR) is 92.6 cm³/mol. The van der Waals surface area contributed by atoms with Crippen LogP contribution in [0, 0.1) is 0 Å². The average Bonchev–Trinajstić information content (AvgIpc) is 2.84. The summed E-state index contributed by atoms with van der Waals surface area (Å²) in [6.07, 6.45) is 0. The molecule has 0 bridgehead atoms. The fourth-order valence-corrected chi connectivity index (χ4v) is 2.84. The van der Waals surface area contributed by atoms with Gasteiger partial charge in [0.2, 0.25) is 0 Å². The molecule has 0 aromatic heterocycles. The summed E-state index contributed by atoms with van der Waals surface area (Å²) >= 11 is 4.49. The third-order valence-electron chi connectivity index (χ3n) is 3.50. The summed E-state index contributed by atoms with van der Waals surface area (Å²) < 4.78 is 0. The molecule has 1 saturated heterocycles. The normalized spacial score (nSPS) is 20.2. The van der Waals surface area contributed by atoms with Crippen LogP contribution in [0.4, 0.5) is 11.4 Å². The van der Waals surface area contributed by atoms with E-state index in [-0.39, 0.29) is 11.9 Å². The van der Waals surface area contributed by atoms with Crippen LogP contribution in [0.25, 0.3) is 0 Å². The number of hydrazine groups is 1. The van der Waals surface area contributed by atoms with E-state index in [1.54, 1.807) is 5.01 Å². The van der Waals surface area contributed by atoms with E-state index in [9.17, 15) is 4.79 Å². The van der Waals surface area contributed by atoms with Gasteiger partial charge in [0.1, 0.15) is 0 Å². The van der Waals surface area contributed by atoms with Crippen LogP contribution in [0.3, 0.4) is 0 Å². The Hall–Kier alpha value is -2.24. The lowest BCUT2D eigenvalue weighted by Crippen LogP contribution is -2.36. The van der Waals surface area contributed by atoms with Crippen LogP contribution >= 0.6 is 12.6 Å². The predicted octanol–water partition coefficient (Wildman–Crippen LogP) is 3.18. The van der Waals surface area contributed by atoms with Crippen molar-refractivity contribution in [1.82, 2.24) is 5.43 Å². The molecule has 0 aliphatic carbocycles. The molecular weight excluding hydrogens is 294 g/mol. The highest BCUT2D eigenvalue weighted by Crippen LogP contribution is 2.26. The molecule has 0 radical (unpaired) electrons. The third kappa shape index (κ3) is 2.86. The van der Waals surface area contributed by atoms with Crippen molar-refractivity contribution in [2.24, 2.45) is 0 Å². The van der Waals surface area contributed by atoms with E-state index in [1.807, 2.05) is 67.6 Å². The number of nitrogens with one attached hydrogen (secondary N) is 2. The number of anilines is 2. The molecule has 0 spiro atoms. The lowest BCUT2D eigenvalue weighted by molar-refractivity contribution is -0.114. The highest BCUT2D eigenvalue weighted by molar-refractivity contribution is 7.84. The van der Waals surface area contributed by atoms with Crippen molar-refractivity contribution in [2.45, 2.75) is 13.0 Å². The number of rotatable bonds is 3.